The van der Waals surface area contributed by atoms with E-state index in [0.717, 1.165) is 24.4 Å². The van der Waals surface area contributed by atoms with Gasteiger partial charge in [0.25, 0.3) is 0 Å². The van der Waals surface area contributed by atoms with E-state index < -0.39 is 0 Å². The summed E-state index contributed by atoms with van der Waals surface area (Å²) in [6.45, 7) is 5.31. The van der Waals surface area contributed by atoms with E-state index in [2.05, 4.69) is 36.4 Å². The van der Waals surface area contributed by atoms with E-state index in [1.165, 1.54) is 16.8 Å². The van der Waals surface area contributed by atoms with E-state index in [1.54, 1.807) is 0 Å². The number of aryl methyl sites for hydroxylation is 1. The molecule has 1 unspecified atom stereocenters. The lowest BCUT2D eigenvalue weighted by Gasteiger charge is -2.18. The maximum Gasteiger partial charge on any atom is 0.0540 e. The van der Waals surface area contributed by atoms with Crippen LogP contribution in [-0.2, 0) is 13.5 Å². The smallest absolute Gasteiger partial charge is 0.0540 e. The summed E-state index contributed by atoms with van der Waals surface area (Å²) < 4.78 is 1.93. The number of hydrogen-bond donors (Lipinski definition) is 1. The van der Waals surface area contributed by atoms with Crippen LogP contribution < -0.4 is 5.32 Å². The van der Waals surface area contributed by atoms with Gasteiger partial charge in [0.15, 0.2) is 0 Å². The molecule has 0 radical (unpaired) electrons. The average Bonchev–Trinajstić information content (AvgIpc) is 2.77. The molecule has 0 fully saturated rings. The number of hydrogen-bond acceptors (Lipinski definition) is 2. The zero-order valence-electron chi connectivity index (χ0n) is 12.4. The standard InChI is InChI=1S/C16H22ClN3/c1-4-9-18-16(15-11-19-20(3)12(15)2)10-13-5-7-14(17)8-6-13/h5-8,11,16,18H,4,9-10H2,1-3H3. The molecule has 0 aliphatic carbocycles. The average molecular weight is 292 g/mol. The van der Waals surface area contributed by atoms with Crippen LogP contribution in [0.15, 0.2) is 30.5 Å². The van der Waals surface area contributed by atoms with E-state index in [4.69, 9.17) is 11.6 Å². The van der Waals surface area contributed by atoms with Gasteiger partial charge in [-0.05, 0) is 44.0 Å². The molecule has 0 amide bonds. The Kier molecular flexibility index (Phi) is 5.21. The van der Waals surface area contributed by atoms with Crippen LogP contribution >= 0.6 is 11.6 Å². The maximum absolute atomic E-state index is 5.95. The molecule has 20 heavy (non-hydrogen) atoms. The summed E-state index contributed by atoms with van der Waals surface area (Å²) in [5.41, 5.74) is 3.77. The molecule has 1 aromatic carbocycles. The highest BCUT2D eigenvalue weighted by atomic mass is 35.5. The van der Waals surface area contributed by atoms with Crippen LogP contribution in [-0.4, -0.2) is 16.3 Å². The minimum atomic E-state index is 0.296. The summed E-state index contributed by atoms with van der Waals surface area (Å²) in [6, 6.07) is 8.38. The molecule has 4 heteroatoms. The Balaban J connectivity index is 2.19. The van der Waals surface area contributed by atoms with Crippen LogP contribution in [0.25, 0.3) is 0 Å². The van der Waals surface area contributed by atoms with E-state index in [1.807, 2.05) is 30.1 Å². The van der Waals surface area contributed by atoms with Gasteiger partial charge in [0.2, 0.25) is 0 Å². The van der Waals surface area contributed by atoms with Crippen molar-refractivity contribution in [2.24, 2.45) is 7.05 Å². The second-order valence-corrected chi connectivity index (χ2v) is 5.58. The van der Waals surface area contributed by atoms with Crippen molar-refractivity contribution in [2.75, 3.05) is 6.54 Å². The molecular weight excluding hydrogens is 270 g/mol. The SMILES string of the molecule is CCCNC(Cc1ccc(Cl)cc1)c1cnn(C)c1C. The lowest BCUT2D eigenvalue weighted by Crippen LogP contribution is -2.24. The largest absolute Gasteiger partial charge is 0.310 e. The Labute approximate surface area is 126 Å². The van der Waals surface area contributed by atoms with Crippen molar-refractivity contribution in [1.82, 2.24) is 15.1 Å². The molecular formula is C16H22ClN3. The molecule has 0 spiro atoms. The van der Waals surface area contributed by atoms with Gasteiger partial charge in [-0.2, -0.15) is 5.10 Å². The van der Waals surface area contributed by atoms with Crippen molar-refractivity contribution >= 4 is 11.6 Å². The first kappa shape index (κ1) is 15.1. The first-order valence-corrected chi connectivity index (χ1v) is 7.46. The number of nitrogens with zero attached hydrogens (tertiary/aromatic N) is 2. The summed E-state index contributed by atoms with van der Waals surface area (Å²) in [4.78, 5) is 0. The number of aromatic nitrogens is 2. The van der Waals surface area contributed by atoms with Crippen molar-refractivity contribution in [3.05, 3.63) is 52.3 Å². The summed E-state index contributed by atoms with van der Waals surface area (Å²) >= 11 is 5.95. The van der Waals surface area contributed by atoms with Gasteiger partial charge in [-0.1, -0.05) is 30.7 Å². The molecule has 1 atom stereocenters. The first-order valence-electron chi connectivity index (χ1n) is 7.08. The minimum Gasteiger partial charge on any atom is -0.310 e. The summed E-state index contributed by atoms with van der Waals surface area (Å²) in [5, 5.41) is 8.75. The van der Waals surface area contributed by atoms with E-state index in [0.29, 0.717) is 6.04 Å². The van der Waals surface area contributed by atoms with Crippen molar-refractivity contribution in [2.45, 2.75) is 32.7 Å². The Hall–Kier alpha value is -1.32. The molecule has 3 nitrogen and oxygen atoms in total. The zero-order chi connectivity index (χ0) is 14.5. The fourth-order valence-electron chi connectivity index (χ4n) is 2.32. The summed E-state index contributed by atoms with van der Waals surface area (Å²) in [6.07, 6.45) is 4.04. The van der Waals surface area contributed by atoms with Gasteiger partial charge in [0.1, 0.15) is 0 Å². The first-order chi connectivity index (χ1) is 9.61. The zero-order valence-corrected chi connectivity index (χ0v) is 13.1. The third-order valence-electron chi connectivity index (χ3n) is 3.64. The van der Waals surface area contributed by atoms with Crippen LogP contribution in [0.1, 0.15) is 36.2 Å². The van der Waals surface area contributed by atoms with Crippen molar-refractivity contribution in [3.8, 4) is 0 Å². The number of rotatable bonds is 6. The Bertz CT molecular complexity index is 545. The summed E-state index contributed by atoms with van der Waals surface area (Å²) in [7, 11) is 1.98. The second kappa shape index (κ2) is 6.91. The van der Waals surface area contributed by atoms with Crippen molar-refractivity contribution < 1.29 is 0 Å². The van der Waals surface area contributed by atoms with Crippen LogP contribution in [0.4, 0.5) is 0 Å². The topological polar surface area (TPSA) is 29.9 Å². The van der Waals surface area contributed by atoms with Gasteiger partial charge >= 0.3 is 0 Å². The molecule has 1 N–H and O–H groups in total. The molecule has 1 aromatic heterocycles. The predicted octanol–water partition coefficient (Wildman–Crippen LogP) is 3.67. The van der Waals surface area contributed by atoms with E-state index in [-0.39, 0.29) is 0 Å². The highest BCUT2D eigenvalue weighted by Gasteiger charge is 2.16. The predicted molar refractivity (Wildman–Crippen MR) is 84.1 cm³/mol. The lowest BCUT2D eigenvalue weighted by molar-refractivity contribution is 0.526. The Morgan fingerprint density at radius 1 is 1.30 bits per heavy atom. The molecule has 1 heterocycles. The van der Waals surface area contributed by atoms with Gasteiger partial charge in [-0.25, -0.2) is 0 Å². The molecule has 108 valence electrons. The maximum atomic E-state index is 5.95. The Morgan fingerprint density at radius 2 is 2.00 bits per heavy atom. The molecule has 0 saturated carbocycles. The quantitative estimate of drug-likeness (QED) is 0.880. The highest BCUT2D eigenvalue weighted by Crippen LogP contribution is 2.22. The summed E-state index contributed by atoms with van der Waals surface area (Å²) in [5.74, 6) is 0. The molecule has 0 aliphatic heterocycles. The third kappa shape index (κ3) is 3.62. The van der Waals surface area contributed by atoms with E-state index >= 15 is 0 Å². The van der Waals surface area contributed by atoms with Gasteiger partial charge < -0.3 is 5.32 Å². The second-order valence-electron chi connectivity index (χ2n) is 5.15. The molecule has 2 aromatic rings. The van der Waals surface area contributed by atoms with Crippen LogP contribution in [0.3, 0.4) is 0 Å². The molecule has 2 rings (SSSR count). The molecule has 0 bridgehead atoms. The molecule has 0 saturated heterocycles. The Morgan fingerprint density at radius 3 is 2.55 bits per heavy atom. The normalized spacial score (nSPS) is 12.6. The van der Waals surface area contributed by atoms with E-state index in [9.17, 15) is 0 Å². The minimum absolute atomic E-state index is 0.296. The third-order valence-corrected chi connectivity index (χ3v) is 3.89. The van der Waals surface area contributed by atoms with Gasteiger partial charge in [-0.3, -0.25) is 4.68 Å². The van der Waals surface area contributed by atoms with Gasteiger partial charge in [-0.15, -0.1) is 0 Å². The monoisotopic (exact) mass is 291 g/mol. The van der Waals surface area contributed by atoms with Crippen LogP contribution in [0, 0.1) is 6.92 Å². The fourth-order valence-corrected chi connectivity index (χ4v) is 2.45. The highest BCUT2D eigenvalue weighted by molar-refractivity contribution is 6.30. The number of halogens is 1. The molecule has 0 aliphatic rings. The fraction of sp³-hybridized carbons (Fsp3) is 0.438. The van der Waals surface area contributed by atoms with Crippen LogP contribution in [0.2, 0.25) is 5.02 Å². The number of benzene rings is 1. The van der Waals surface area contributed by atoms with Crippen LogP contribution in [0.5, 0.6) is 0 Å². The lowest BCUT2D eigenvalue weighted by atomic mass is 9.99. The van der Waals surface area contributed by atoms with Crippen molar-refractivity contribution in [1.29, 1.82) is 0 Å². The van der Waals surface area contributed by atoms with Crippen molar-refractivity contribution in [3.63, 3.8) is 0 Å². The van der Waals surface area contributed by atoms with Gasteiger partial charge in [0.05, 0.1) is 6.20 Å². The van der Waals surface area contributed by atoms with Gasteiger partial charge in [0, 0.05) is 29.4 Å². The number of nitrogens with one attached hydrogen (secondary N) is 1.